The van der Waals surface area contributed by atoms with Crippen LogP contribution in [-0.2, 0) is 21.1 Å². The minimum Gasteiger partial charge on any atom is -0.306 e. The van der Waals surface area contributed by atoms with Crippen molar-refractivity contribution in [3.63, 3.8) is 0 Å². The molecule has 1 aromatic carbocycles. The minimum absolute atomic E-state index is 0.311. The molecule has 0 radical (unpaired) electrons. The first-order chi connectivity index (χ1) is 11.4. The van der Waals surface area contributed by atoms with Crippen LogP contribution in [-0.4, -0.2) is 24.9 Å². The Morgan fingerprint density at radius 1 is 1.17 bits per heavy atom. The van der Waals surface area contributed by atoms with Crippen molar-refractivity contribution in [2.75, 3.05) is 5.43 Å². The molecular weight excluding hydrogens is 376 g/mol. The number of nitrogens with zero attached hydrogens (tertiary/aromatic N) is 5. The molecule has 3 aromatic rings. The van der Waals surface area contributed by atoms with Crippen LogP contribution in [0, 0.1) is 0 Å². The van der Waals surface area contributed by atoms with E-state index in [1.54, 1.807) is 24.9 Å². The highest BCUT2D eigenvalue weighted by Gasteiger charge is 2.16. The van der Waals surface area contributed by atoms with E-state index in [9.17, 15) is 9.59 Å². The monoisotopic (exact) mass is 390 g/mol. The lowest BCUT2D eigenvalue weighted by atomic mass is 10.2. The topological polar surface area (TPSA) is 86.2 Å². The second kappa shape index (κ2) is 6.08. The van der Waals surface area contributed by atoms with E-state index in [4.69, 9.17) is 0 Å². The van der Waals surface area contributed by atoms with Gasteiger partial charge in [-0.1, -0.05) is 28.1 Å². The molecule has 0 aliphatic heterocycles. The summed E-state index contributed by atoms with van der Waals surface area (Å²) in [4.78, 5) is 28.6. The molecule has 0 aliphatic carbocycles. The van der Waals surface area contributed by atoms with Crippen LogP contribution in [0.2, 0.25) is 0 Å². The van der Waals surface area contributed by atoms with Gasteiger partial charge in [-0.15, -0.1) is 0 Å². The smallest absolute Gasteiger partial charge is 0.306 e. The Balaban J connectivity index is 2.01. The maximum absolute atomic E-state index is 12.3. The van der Waals surface area contributed by atoms with Gasteiger partial charge in [-0.3, -0.25) is 13.9 Å². The summed E-state index contributed by atoms with van der Waals surface area (Å²) in [6.45, 7) is 0. The number of nitrogens with one attached hydrogen (secondary N) is 1. The average Bonchev–Trinajstić information content (AvgIpc) is 2.88. The first kappa shape index (κ1) is 16.2. The Bertz CT molecular complexity index is 1080. The highest BCUT2D eigenvalue weighted by Crippen LogP contribution is 2.13. The van der Waals surface area contributed by atoms with E-state index in [0.717, 1.165) is 14.6 Å². The fourth-order valence-electron chi connectivity index (χ4n) is 2.37. The molecule has 2 aromatic heterocycles. The Kier molecular flexibility index (Phi) is 4.10. The molecule has 3 rings (SSSR count). The predicted molar refractivity (Wildman–Crippen MR) is 96.6 cm³/mol. The van der Waals surface area contributed by atoms with Crippen molar-refractivity contribution in [1.82, 2.24) is 18.7 Å². The van der Waals surface area contributed by atoms with E-state index in [2.05, 4.69) is 31.4 Å². The van der Waals surface area contributed by atoms with Crippen LogP contribution in [0.15, 0.2) is 43.4 Å². The van der Waals surface area contributed by atoms with E-state index in [1.165, 1.54) is 11.6 Å². The SMILES string of the molecule is Cn1c(=O)c2c(nc(N/N=C\c3cccc(Br)c3)n2C)n(C)c1=O. The van der Waals surface area contributed by atoms with Crippen LogP contribution in [0.25, 0.3) is 11.2 Å². The summed E-state index contributed by atoms with van der Waals surface area (Å²) in [5.74, 6) is 0.370. The lowest BCUT2D eigenvalue weighted by Gasteiger charge is -2.03. The molecule has 0 spiro atoms. The predicted octanol–water partition coefficient (Wildman–Crippen LogP) is 1.18. The summed E-state index contributed by atoms with van der Waals surface area (Å²) in [5, 5.41) is 4.14. The third-order valence-electron chi connectivity index (χ3n) is 3.70. The van der Waals surface area contributed by atoms with Gasteiger partial charge in [-0.05, 0) is 17.7 Å². The third-order valence-corrected chi connectivity index (χ3v) is 4.20. The quantitative estimate of drug-likeness (QED) is 0.537. The van der Waals surface area contributed by atoms with E-state index < -0.39 is 11.2 Å². The zero-order valence-corrected chi connectivity index (χ0v) is 14.9. The van der Waals surface area contributed by atoms with E-state index in [1.807, 2.05) is 24.3 Å². The van der Waals surface area contributed by atoms with Crippen molar-refractivity contribution in [3.05, 3.63) is 55.1 Å². The number of aryl methyl sites for hydroxylation is 2. The molecule has 0 fully saturated rings. The van der Waals surface area contributed by atoms with E-state index in [0.29, 0.717) is 17.1 Å². The van der Waals surface area contributed by atoms with Gasteiger partial charge in [0.25, 0.3) is 5.56 Å². The fraction of sp³-hybridized carbons (Fsp3) is 0.200. The Morgan fingerprint density at radius 2 is 1.92 bits per heavy atom. The molecule has 1 N–H and O–H groups in total. The first-order valence-corrected chi connectivity index (χ1v) is 7.86. The normalized spacial score (nSPS) is 11.5. The molecule has 0 saturated carbocycles. The van der Waals surface area contributed by atoms with Gasteiger partial charge in [0.05, 0.1) is 6.21 Å². The fourth-order valence-corrected chi connectivity index (χ4v) is 2.79. The van der Waals surface area contributed by atoms with Gasteiger partial charge >= 0.3 is 5.69 Å². The van der Waals surface area contributed by atoms with Crippen molar-refractivity contribution >= 4 is 39.3 Å². The number of rotatable bonds is 3. The van der Waals surface area contributed by atoms with Crippen LogP contribution < -0.4 is 16.7 Å². The number of fused-ring (bicyclic) bond motifs is 1. The van der Waals surface area contributed by atoms with Crippen molar-refractivity contribution < 1.29 is 0 Å². The van der Waals surface area contributed by atoms with Crippen molar-refractivity contribution in [2.45, 2.75) is 0 Å². The number of halogens is 1. The van der Waals surface area contributed by atoms with Gasteiger partial charge in [-0.2, -0.15) is 10.1 Å². The second-order valence-electron chi connectivity index (χ2n) is 5.30. The minimum atomic E-state index is -0.421. The molecule has 0 bridgehead atoms. The standard InChI is InChI=1S/C15H15BrN6O2/c1-20-11-12(21(2)15(24)22(3)13(11)23)18-14(20)19-17-8-9-5-4-6-10(16)7-9/h4-8H,1-3H3,(H,18,19)/b17-8-. The lowest BCUT2D eigenvalue weighted by Crippen LogP contribution is -2.37. The number of hydrogen-bond acceptors (Lipinski definition) is 5. The number of hydrogen-bond donors (Lipinski definition) is 1. The summed E-state index contributed by atoms with van der Waals surface area (Å²) in [7, 11) is 4.71. The van der Waals surface area contributed by atoms with Crippen LogP contribution in [0.3, 0.4) is 0 Å². The molecule has 2 heterocycles. The molecule has 0 unspecified atom stereocenters. The van der Waals surface area contributed by atoms with E-state index in [-0.39, 0.29) is 0 Å². The molecule has 8 nitrogen and oxygen atoms in total. The highest BCUT2D eigenvalue weighted by molar-refractivity contribution is 9.10. The average molecular weight is 391 g/mol. The summed E-state index contributed by atoms with van der Waals surface area (Å²) in [6.07, 6.45) is 1.64. The largest absolute Gasteiger partial charge is 0.332 e. The first-order valence-electron chi connectivity index (χ1n) is 7.07. The Labute approximate surface area is 145 Å². The van der Waals surface area contributed by atoms with Crippen LogP contribution in [0.5, 0.6) is 0 Å². The second-order valence-corrected chi connectivity index (χ2v) is 6.21. The van der Waals surface area contributed by atoms with Crippen LogP contribution in [0.4, 0.5) is 5.95 Å². The van der Waals surface area contributed by atoms with Crippen molar-refractivity contribution in [1.29, 1.82) is 0 Å². The highest BCUT2D eigenvalue weighted by atomic mass is 79.9. The van der Waals surface area contributed by atoms with Crippen molar-refractivity contribution in [2.24, 2.45) is 26.2 Å². The molecule has 24 heavy (non-hydrogen) atoms. The number of benzene rings is 1. The number of anilines is 1. The van der Waals surface area contributed by atoms with Gasteiger partial charge < -0.3 is 4.57 Å². The zero-order valence-electron chi connectivity index (χ0n) is 13.3. The number of imidazole rings is 1. The Morgan fingerprint density at radius 3 is 2.62 bits per heavy atom. The van der Waals surface area contributed by atoms with Gasteiger partial charge in [0.2, 0.25) is 5.95 Å². The Hall–Kier alpha value is -2.68. The van der Waals surface area contributed by atoms with Gasteiger partial charge in [-0.25, -0.2) is 10.2 Å². The van der Waals surface area contributed by atoms with Crippen LogP contribution in [0.1, 0.15) is 5.56 Å². The van der Waals surface area contributed by atoms with Crippen LogP contribution >= 0.6 is 15.9 Å². The number of hydrazone groups is 1. The third kappa shape index (κ3) is 2.67. The van der Waals surface area contributed by atoms with Gasteiger partial charge in [0.1, 0.15) is 0 Å². The van der Waals surface area contributed by atoms with Gasteiger partial charge in [0.15, 0.2) is 11.2 Å². The summed E-state index contributed by atoms with van der Waals surface area (Å²) in [6, 6.07) is 7.65. The van der Waals surface area contributed by atoms with Gasteiger partial charge in [0, 0.05) is 25.6 Å². The maximum atomic E-state index is 12.3. The molecule has 0 saturated heterocycles. The molecular formula is C15H15BrN6O2. The van der Waals surface area contributed by atoms with E-state index >= 15 is 0 Å². The van der Waals surface area contributed by atoms with Crippen molar-refractivity contribution in [3.8, 4) is 0 Å². The summed E-state index contributed by atoms with van der Waals surface area (Å²) >= 11 is 3.40. The molecule has 124 valence electrons. The number of aromatic nitrogens is 4. The summed E-state index contributed by atoms with van der Waals surface area (Å²) < 4.78 is 4.92. The molecule has 0 amide bonds. The summed E-state index contributed by atoms with van der Waals surface area (Å²) in [5.41, 5.74) is 3.53. The maximum Gasteiger partial charge on any atom is 0.332 e. The lowest BCUT2D eigenvalue weighted by molar-refractivity contribution is 0.705. The zero-order chi connectivity index (χ0) is 17.4. The molecule has 0 atom stereocenters. The molecule has 0 aliphatic rings. The molecule has 9 heteroatoms.